The largest absolute Gasteiger partial charge is 0.416 e. The molecule has 1 fully saturated rings. The Balaban J connectivity index is 2.02. The second-order valence-corrected chi connectivity index (χ2v) is 4.92. The first-order valence-corrected chi connectivity index (χ1v) is 6.68. The molecule has 21 heavy (non-hydrogen) atoms. The Morgan fingerprint density at radius 3 is 2.86 bits per heavy atom. The van der Waals surface area contributed by atoms with Gasteiger partial charge in [0.2, 0.25) is 0 Å². The molecule has 1 saturated heterocycles. The van der Waals surface area contributed by atoms with Crippen molar-refractivity contribution in [1.29, 1.82) is 0 Å². The van der Waals surface area contributed by atoms with E-state index in [4.69, 9.17) is 4.74 Å². The molecule has 1 aliphatic heterocycles. The van der Waals surface area contributed by atoms with Gasteiger partial charge < -0.3 is 15.4 Å². The van der Waals surface area contributed by atoms with Gasteiger partial charge in [0.05, 0.1) is 18.2 Å². The summed E-state index contributed by atoms with van der Waals surface area (Å²) in [5, 5.41) is 5.70. The lowest BCUT2D eigenvalue weighted by Gasteiger charge is -2.25. The van der Waals surface area contributed by atoms with E-state index in [0.717, 1.165) is 12.1 Å². The van der Waals surface area contributed by atoms with Gasteiger partial charge in [0.15, 0.2) is 0 Å². The highest BCUT2D eigenvalue weighted by molar-refractivity contribution is 5.81. The van der Waals surface area contributed by atoms with Crippen molar-refractivity contribution in [3.05, 3.63) is 35.4 Å². The summed E-state index contributed by atoms with van der Waals surface area (Å²) < 4.78 is 43.3. The topological polar surface area (TPSA) is 50.4 Å². The summed E-state index contributed by atoms with van der Waals surface area (Å²) in [6.07, 6.45) is -5.00. The highest BCUT2D eigenvalue weighted by atomic mass is 19.4. The molecule has 2 unspecified atom stereocenters. The molecule has 7 heteroatoms. The molecule has 2 atom stereocenters. The number of hydrogen-bond donors (Lipinski definition) is 2. The van der Waals surface area contributed by atoms with E-state index in [1.54, 1.807) is 13.0 Å². The molecule has 0 radical (unpaired) electrons. The van der Waals surface area contributed by atoms with Crippen LogP contribution in [-0.2, 0) is 15.7 Å². The Labute approximate surface area is 120 Å². The van der Waals surface area contributed by atoms with Crippen molar-refractivity contribution in [2.24, 2.45) is 0 Å². The van der Waals surface area contributed by atoms with Crippen molar-refractivity contribution in [3.63, 3.8) is 0 Å². The number of benzene rings is 1. The van der Waals surface area contributed by atoms with Crippen LogP contribution < -0.4 is 10.6 Å². The van der Waals surface area contributed by atoms with Gasteiger partial charge in [-0.25, -0.2) is 0 Å². The Morgan fingerprint density at radius 1 is 1.48 bits per heavy atom. The molecule has 1 heterocycles. The third kappa shape index (κ3) is 4.18. The number of halogens is 3. The molecule has 1 aliphatic rings. The normalized spacial score (nSPS) is 20.9. The quantitative estimate of drug-likeness (QED) is 0.896. The number of morpholine rings is 1. The van der Waals surface area contributed by atoms with Crippen LogP contribution in [0.3, 0.4) is 0 Å². The van der Waals surface area contributed by atoms with Crippen LogP contribution in [0.4, 0.5) is 13.2 Å². The van der Waals surface area contributed by atoms with Crippen LogP contribution >= 0.6 is 0 Å². The van der Waals surface area contributed by atoms with Crippen molar-refractivity contribution < 1.29 is 22.7 Å². The van der Waals surface area contributed by atoms with Gasteiger partial charge in [-0.2, -0.15) is 13.2 Å². The van der Waals surface area contributed by atoms with Crippen LogP contribution in [0.15, 0.2) is 24.3 Å². The van der Waals surface area contributed by atoms with Crippen molar-refractivity contribution >= 4 is 5.91 Å². The molecule has 2 rings (SSSR count). The minimum Gasteiger partial charge on any atom is -0.366 e. The Hall–Kier alpha value is -1.60. The average Bonchev–Trinajstić information content (AvgIpc) is 2.47. The van der Waals surface area contributed by atoms with Crippen LogP contribution in [0.25, 0.3) is 0 Å². The number of ether oxygens (including phenoxy) is 1. The molecule has 0 spiro atoms. The summed E-state index contributed by atoms with van der Waals surface area (Å²) in [5.74, 6) is -0.327. The molecule has 0 aliphatic carbocycles. The van der Waals surface area contributed by atoms with Gasteiger partial charge in [0.25, 0.3) is 5.91 Å². The lowest BCUT2D eigenvalue weighted by molar-refractivity contribution is -0.137. The number of amides is 1. The molecule has 4 nitrogen and oxygen atoms in total. The zero-order valence-electron chi connectivity index (χ0n) is 11.5. The van der Waals surface area contributed by atoms with E-state index in [-0.39, 0.29) is 5.91 Å². The molecule has 2 N–H and O–H groups in total. The minimum atomic E-state index is -4.39. The van der Waals surface area contributed by atoms with Crippen molar-refractivity contribution in [2.45, 2.75) is 25.2 Å². The standard InChI is InChI=1S/C14H17F3N2O2/c1-9(19-13(20)12-8-18-5-6-21-12)10-3-2-4-11(7-10)14(15,16)17/h2-4,7,9,12,18H,5-6,8H2,1H3,(H,19,20). The Kier molecular flexibility index (Phi) is 4.84. The monoisotopic (exact) mass is 302 g/mol. The number of alkyl halides is 3. The molecule has 1 amide bonds. The highest BCUT2D eigenvalue weighted by Gasteiger charge is 2.31. The van der Waals surface area contributed by atoms with Gasteiger partial charge in [0, 0.05) is 13.1 Å². The maximum atomic E-state index is 12.7. The first kappa shape index (κ1) is 15.8. The fourth-order valence-corrected chi connectivity index (χ4v) is 2.11. The van der Waals surface area contributed by atoms with Crippen molar-refractivity contribution in [3.8, 4) is 0 Å². The number of hydrogen-bond acceptors (Lipinski definition) is 3. The fourth-order valence-electron chi connectivity index (χ4n) is 2.11. The lowest BCUT2D eigenvalue weighted by Crippen LogP contribution is -2.48. The molecule has 0 saturated carbocycles. The number of nitrogens with one attached hydrogen (secondary N) is 2. The van der Waals surface area contributed by atoms with E-state index in [2.05, 4.69) is 10.6 Å². The highest BCUT2D eigenvalue weighted by Crippen LogP contribution is 2.30. The molecular formula is C14H17F3N2O2. The first-order chi connectivity index (χ1) is 9.88. The fraction of sp³-hybridized carbons (Fsp3) is 0.500. The van der Waals surface area contributed by atoms with Gasteiger partial charge in [-0.3, -0.25) is 4.79 Å². The summed E-state index contributed by atoms with van der Waals surface area (Å²) in [6.45, 7) is 3.17. The molecule has 0 bridgehead atoms. The summed E-state index contributed by atoms with van der Waals surface area (Å²) in [4.78, 5) is 12.0. The van der Waals surface area contributed by atoms with Crippen molar-refractivity contribution in [1.82, 2.24) is 10.6 Å². The van der Waals surface area contributed by atoms with Gasteiger partial charge in [-0.15, -0.1) is 0 Å². The second-order valence-electron chi connectivity index (χ2n) is 4.92. The molecule has 116 valence electrons. The van der Waals surface area contributed by atoms with Gasteiger partial charge in [0.1, 0.15) is 6.10 Å². The van der Waals surface area contributed by atoms with Gasteiger partial charge in [-0.05, 0) is 24.6 Å². The van der Waals surface area contributed by atoms with Gasteiger partial charge >= 0.3 is 6.18 Å². The predicted molar refractivity (Wildman–Crippen MR) is 70.6 cm³/mol. The first-order valence-electron chi connectivity index (χ1n) is 6.68. The van der Waals surface area contributed by atoms with E-state index in [0.29, 0.717) is 25.3 Å². The van der Waals surface area contributed by atoms with E-state index >= 15 is 0 Å². The number of carbonyl (C=O) groups excluding carboxylic acids is 1. The molecule has 1 aromatic carbocycles. The van der Waals surface area contributed by atoms with E-state index < -0.39 is 23.9 Å². The van der Waals surface area contributed by atoms with Crippen LogP contribution in [0.2, 0.25) is 0 Å². The smallest absolute Gasteiger partial charge is 0.366 e. The van der Waals surface area contributed by atoms with E-state index in [1.807, 2.05) is 0 Å². The Morgan fingerprint density at radius 2 is 2.24 bits per heavy atom. The maximum Gasteiger partial charge on any atom is 0.416 e. The van der Waals surface area contributed by atoms with E-state index in [1.165, 1.54) is 6.07 Å². The summed E-state index contributed by atoms with van der Waals surface area (Å²) >= 11 is 0. The lowest BCUT2D eigenvalue weighted by atomic mass is 10.0. The molecule has 1 aromatic rings. The maximum absolute atomic E-state index is 12.7. The second kappa shape index (κ2) is 6.44. The summed E-state index contributed by atoms with van der Waals surface area (Å²) in [5.41, 5.74) is -0.321. The summed E-state index contributed by atoms with van der Waals surface area (Å²) in [6, 6.07) is 4.42. The van der Waals surface area contributed by atoms with E-state index in [9.17, 15) is 18.0 Å². The molecular weight excluding hydrogens is 285 g/mol. The van der Waals surface area contributed by atoms with Crippen molar-refractivity contribution in [2.75, 3.05) is 19.7 Å². The zero-order valence-corrected chi connectivity index (χ0v) is 11.5. The summed E-state index contributed by atoms with van der Waals surface area (Å²) in [7, 11) is 0. The van der Waals surface area contributed by atoms with Crippen LogP contribution in [0.5, 0.6) is 0 Å². The van der Waals surface area contributed by atoms with Crippen LogP contribution in [-0.4, -0.2) is 31.7 Å². The van der Waals surface area contributed by atoms with Crippen LogP contribution in [0, 0.1) is 0 Å². The molecule has 0 aromatic heterocycles. The number of carbonyl (C=O) groups is 1. The van der Waals surface area contributed by atoms with Crippen LogP contribution in [0.1, 0.15) is 24.1 Å². The zero-order chi connectivity index (χ0) is 15.5. The predicted octanol–water partition coefficient (Wildman–Crippen LogP) is 1.87. The Bertz CT molecular complexity index is 499. The minimum absolute atomic E-state index is 0.327. The number of rotatable bonds is 3. The average molecular weight is 302 g/mol. The SMILES string of the molecule is CC(NC(=O)C1CNCCO1)c1cccc(C(F)(F)F)c1. The third-order valence-electron chi connectivity index (χ3n) is 3.29. The third-order valence-corrected chi connectivity index (χ3v) is 3.29. The van der Waals surface area contributed by atoms with Gasteiger partial charge in [-0.1, -0.05) is 12.1 Å².